The smallest absolute Gasteiger partial charge is 0.191 e. The average molecular weight is 424 g/mol. The van der Waals surface area contributed by atoms with Gasteiger partial charge in [0.2, 0.25) is 0 Å². The third-order valence-corrected chi connectivity index (χ3v) is 5.88. The van der Waals surface area contributed by atoms with Crippen molar-refractivity contribution in [3.63, 3.8) is 0 Å². The van der Waals surface area contributed by atoms with Crippen molar-refractivity contribution in [3.8, 4) is 0 Å². The van der Waals surface area contributed by atoms with Gasteiger partial charge in [-0.25, -0.2) is 0 Å². The number of benzene rings is 1. The van der Waals surface area contributed by atoms with Crippen molar-refractivity contribution in [2.24, 2.45) is 10.9 Å². The van der Waals surface area contributed by atoms with Crippen LogP contribution in [0.3, 0.4) is 0 Å². The van der Waals surface area contributed by atoms with Gasteiger partial charge in [0, 0.05) is 58.5 Å². The maximum atomic E-state index is 6.30. The second kappa shape index (κ2) is 13.8. The molecule has 7 heteroatoms. The first-order valence-electron chi connectivity index (χ1n) is 10.7. The van der Waals surface area contributed by atoms with Gasteiger partial charge in [-0.1, -0.05) is 29.8 Å². The summed E-state index contributed by atoms with van der Waals surface area (Å²) in [4.78, 5) is 9.17. The molecule has 0 unspecified atom stereocenters. The molecule has 2 rings (SSSR count). The number of halogens is 1. The monoisotopic (exact) mass is 423 g/mol. The molecule has 0 atom stereocenters. The number of likely N-dealkylation sites (N-methyl/N-ethyl adjacent to an activating group) is 1. The Morgan fingerprint density at radius 2 is 2.00 bits per heavy atom. The minimum Gasteiger partial charge on any atom is -0.385 e. The largest absolute Gasteiger partial charge is 0.385 e. The minimum absolute atomic E-state index is 0.688. The van der Waals surface area contributed by atoms with E-state index in [1.165, 1.54) is 18.4 Å². The van der Waals surface area contributed by atoms with Crippen LogP contribution in [0.1, 0.15) is 24.8 Å². The molecule has 1 heterocycles. The van der Waals surface area contributed by atoms with Gasteiger partial charge in [0.25, 0.3) is 0 Å². The summed E-state index contributed by atoms with van der Waals surface area (Å²) in [6.45, 7) is 7.91. The summed E-state index contributed by atoms with van der Waals surface area (Å²) < 4.78 is 5.10. The Labute approximate surface area is 181 Å². The van der Waals surface area contributed by atoms with E-state index in [-0.39, 0.29) is 0 Å². The van der Waals surface area contributed by atoms with Gasteiger partial charge in [0.15, 0.2) is 5.96 Å². The lowest BCUT2D eigenvalue weighted by Gasteiger charge is -2.32. The van der Waals surface area contributed by atoms with Gasteiger partial charge in [-0.2, -0.15) is 0 Å². The Kier molecular flexibility index (Phi) is 11.4. The number of rotatable bonds is 11. The third-order valence-electron chi connectivity index (χ3n) is 5.51. The quantitative estimate of drug-likeness (QED) is 0.325. The Morgan fingerprint density at radius 1 is 1.24 bits per heavy atom. The van der Waals surface area contributed by atoms with Crippen molar-refractivity contribution >= 4 is 17.6 Å². The van der Waals surface area contributed by atoms with Crippen LogP contribution in [0, 0.1) is 5.92 Å². The zero-order valence-electron chi connectivity index (χ0n) is 18.3. The summed E-state index contributed by atoms with van der Waals surface area (Å²) in [5, 5.41) is 7.79. The zero-order chi connectivity index (χ0) is 20.9. The summed E-state index contributed by atoms with van der Waals surface area (Å²) in [6, 6.07) is 8.15. The lowest BCUT2D eigenvalue weighted by molar-refractivity contribution is 0.178. The summed E-state index contributed by atoms with van der Waals surface area (Å²) in [5.41, 5.74) is 1.22. The maximum absolute atomic E-state index is 6.30. The zero-order valence-corrected chi connectivity index (χ0v) is 19.0. The molecule has 0 bridgehead atoms. The number of nitrogens with zero attached hydrogens (tertiary/aromatic N) is 3. The van der Waals surface area contributed by atoms with Crippen LogP contribution in [-0.4, -0.2) is 82.8 Å². The molecule has 1 saturated heterocycles. The molecule has 1 aromatic carbocycles. The molecule has 29 heavy (non-hydrogen) atoms. The fraction of sp³-hybridized carbons (Fsp3) is 0.682. The van der Waals surface area contributed by atoms with Crippen LogP contribution < -0.4 is 10.6 Å². The van der Waals surface area contributed by atoms with Crippen LogP contribution in [0.4, 0.5) is 0 Å². The van der Waals surface area contributed by atoms with Gasteiger partial charge in [-0.3, -0.25) is 9.89 Å². The fourth-order valence-corrected chi connectivity index (χ4v) is 3.83. The van der Waals surface area contributed by atoms with Crippen molar-refractivity contribution in [2.75, 3.05) is 67.1 Å². The van der Waals surface area contributed by atoms with Crippen LogP contribution in [0.25, 0.3) is 0 Å². The highest BCUT2D eigenvalue weighted by molar-refractivity contribution is 6.31. The standard InChI is InChI=1S/C22H38ClN5O/c1-24-22(25-11-15-27(2)12-6-16-29-3)26-17-19-9-13-28(14-10-19)18-20-7-4-5-8-21(20)23/h4-5,7-8,19H,6,9-18H2,1-3H3,(H2,24,25,26). The number of nitrogens with one attached hydrogen (secondary N) is 2. The van der Waals surface area contributed by atoms with E-state index in [1.54, 1.807) is 7.11 Å². The van der Waals surface area contributed by atoms with Crippen molar-refractivity contribution in [1.29, 1.82) is 0 Å². The van der Waals surface area contributed by atoms with E-state index in [0.717, 1.165) is 69.8 Å². The molecule has 0 aromatic heterocycles. The molecule has 164 valence electrons. The van der Waals surface area contributed by atoms with E-state index in [2.05, 4.69) is 44.6 Å². The van der Waals surface area contributed by atoms with Gasteiger partial charge >= 0.3 is 0 Å². The molecule has 2 N–H and O–H groups in total. The van der Waals surface area contributed by atoms with E-state index in [0.29, 0.717) is 5.92 Å². The maximum Gasteiger partial charge on any atom is 0.191 e. The van der Waals surface area contributed by atoms with Crippen molar-refractivity contribution in [3.05, 3.63) is 34.9 Å². The van der Waals surface area contributed by atoms with Crippen molar-refractivity contribution < 1.29 is 4.74 Å². The van der Waals surface area contributed by atoms with E-state index in [1.807, 2.05) is 19.2 Å². The molecular formula is C22H38ClN5O. The predicted octanol–water partition coefficient (Wildman–Crippen LogP) is 2.69. The molecule has 0 spiro atoms. The van der Waals surface area contributed by atoms with E-state index in [9.17, 15) is 0 Å². The summed E-state index contributed by atoms with van der Waals surface area (Å²) in [5.74, 6) is 1.58. The Morgan fingerprint density at radius 3 is 2.69 bits per heavy atom. The number of aliphatic imine (C=N–C) groups is 1. The van der Waals surface area contributed by atoms with E-state index in [4.69, 9.17) is 16.3 Å². The lowest BCUT2D eigenvalue weighted by atomic mass is 9.96. The Balaban J connectivity index is 1.60. The second-order valence-electron chi connectivity index (χ2n) is 7.84. The average Bonchev–Trinajstić information content (AvgIpc) is 2.73. The number of piperidine rings is 1. The number of ether oxygens (including phenoxy) is 1. The minimum atomic E-state index is 0.688. The molecule has 0 amide bonds. The highest BCUT2D eigenvalue weighted by Gasteiger charge is 2.20. The van der Waals surface area contributed by atoms with Crippen LogP contribution in [0.15, 0.2) is 29.3 Å². The normalized spacial score (nSPS) is 16.4. The first-order valence-corrected chi connectivity index (χ1v) is 11.1. The Hall–Kier alpha value is -1.34. The van der Waals surface area contributed by atoms with Crippen LogP contribution >= 0.6 is 11.6 Å². The highest BCUT2D eigenvalue weighted by Crippen LogP contribution is 2.21. The molecule has 6 nitrogen and oxygen atoms in total. The number of likely N-dealkylation sites (tertiary alicyclic amines) is 1. The first kappa shape index (κ1) is 23.9. The third kappa shape index (κ3) is 9.34. The van der Waals surface area contributed by atoms with Crippen molar-refractivity contribution in [1.82, 2.24) is 20.4 Å². The van der Waals surface area contributed by atoms with Crippen LogP contribution in [0.2, 0.25) is 5.02 Å². The van der Waals surface area contributed by atoms with E-state index < -0.39 is 0 Å². The van der Waals surface area contributed by atoms with Crippen molar-refractivity contribution in [2.45, 2.75) is 25.8 Å². The van der Waals surface area contributed by atoms with Gasteiger partial charge in [-0.05, 0) is 56.9 Å². The topological polar surface area (TPSA) is 52.1 Å². The highest BCUT2D eigenvalue weighted by atomic mass is 35.5. The molecule has 1 aliphatic heterocycles. The van der Waals surface area contributed by atoms with Gasteiger partial charge in [-0.15, -0.1) is 0 Å². The summed E-state index contributed by atoms with van der Waals surface area (Å²) in [6.07, 6.45) is 3.47. The van der Waals surface area contributed by atoms with E-state index >= 15 is 0 Å². The van der Waals surface area contributed by atoms with Crippen LogP contribution in [0.5, 0.6) is 0 Å². The molecule has 1 fully saturated rings. The first-order chi connectivity index (χ1) is 14.1. The summed E-state index contributed by atoms with van der Waals surface area (Å²) >= 11 is 6.30. The predicted molar refractivity (Wildman–Crippen MR) is 123 cm³/mol. The van der Waals surface area contributed by atoms with Gasteiger partial charge < -0.3 is 20.3 Å². The fourth-order valence-electron chi connectivity index (χ4n) is 3.63. The summed E-state index contributed by atoms with van der Waals surface area (Å²) in [7, 11) is 5.73. The van der Waals surface area contributed by atoms with Gasteiger partial charge in [0.1, 0.15) is 0 Å². The molecule has 1 aromatic rings. The SMILES string of the molecule is CN=C(NCCN(C)CCCOC)NCC1CCN(Cc2ccccc2Cl)CC1. The Bertz CT molecular complexity index is 605. The number of hydrogen-bond acceptors (Lipinski definition) is 4. The van der Waals surface area contributed by atoms with Gasteiger partial charge in [0.05, 0.1) is 0 Å². The molecule has 0 saturated carbocycles. The molecule has 0 aliphatic carbocycles. The number of hydrogen-bond donors (Lipinski definition) is 2. The number of guanidine groups is 1. The van der Waals surface area contributed by atoms with Crippen LogP contribution in [-0.2, 0) is 11.3 Å². The lowest BCUT2D eigenvalue weighted by Crippen LogP contribution is -2.44. The molecular weight excluding hydrogens is 386 g/mol. The molecule has 1 aliphatic rings. The second-order valence-corrected chi connectivity index (χ2v) is 8.25. The number of methoxy groups -OCH3 is 1. The molecule has 0 radical (unpaired) electrons.